The van der Waals surface area contributed by atoms with E-state index in [0.717, 1.165) is 6.07 Å². The molecule has 0 atom stereocenters. The zero-order chi connectivity index (χ0) is 14.3. The van der Waals surface area contributed by atoms with Crippen molar-refractivity contribution in [3.63, 3.8) is 0 Å². The third kappa shape index (κ3) is 1.77. The summed E-state index contributed by atoms with van der Waals surface area (Å²) in [5.74, 6) is -3.13. The Morgan fingerprint density at radius 3 is 2.20 bits per heavy atom. The molecule has 0 aliphatic heterocycles. The predicted octanol–water partition coefficient (Wildman–Crippen LogP) is 4.20. The van der Waals surface area contributed by atoms with Gasteiger partial charge in [0, 0.05) is 16.5 Å². The lowest BCUT2D eigenvalue weighted by atomic mass is 9.99. The summed E-state index contributed by atoms with van der Waals surface area (Å²) in [5, 5.41) is 20.0. The number of fused-ring (bicyclic) bond motifs is 1. The number of phenolic OH excluding ortho intramolecular Hbond substituents is 2. The smallest absolute Gasteiger partial charge is 0.206 e. The Labute approximate surface area is 113 Å². The molecule has 3 rings (SSSR count). The molecule has 0 saturated heterocycles. The molecule has 3 aromatic rings. The molecule has 2 N–H and O–H groups in total. The maximum absolute atomic E-state index is 14.5. The van der Waals surface area contributed by atoms with Gasteiger partial charge in [-0.3, -0.25) is 0 Å². The van der Waals surface area contributed by atoms with Gasteiger partial charge in [-0.15, -0.1) is 0 Å². The molecule has 100 valence electrons. The normalized spacial score (nSPS) is 10.9. The van der Waals surface area contributed by atoms with Gasteiger partial charge in [0.2, 0.25) is 5.82 Å². The number of halogens is 2. The van der Waals surface area contributed by atoms with E-state index in [4.69, 9.17) is 0 Å². The molecule has 0 amide bonds. The summed E-state index contributed by atoms with van der Waals surface area (Å²) in [6.07, 6.45) is 0. The zero-order valence-corrected chi connectivity index (χ0v) is 10.3. The fourth-order valence-corrected chi connectivity index (χ4v) is 2.21. The Morgan fingerprint density at radius 2 is 1.40 bits per heavy atom. The maximum Gasteiger partial charge on any atom is 0.206 e. The number of rotatable bonds is 1. The van der Waals surface area contributed by atoms with E-state index in [-0.39, 0.29) is 11.1 Å². The molecule has 20 heavy (non-hydrogen) atoms. The van der Waals surface area contributed by atoms with E-state index in [2.05, 4.69) is 0 Å². The third-order valence-electron chi connectivity index (χ3n) is 3.25. The van der Waals surface area contributed by atoms with Gasteiger partial charge >= 0.3 is 0 Å². The summed E-state index contributed by atoms with van der Waals surface area (Å²) in [4.78, 5) is 0. The number of benzene rings is 3. The van der Waals surface area contributed by atoms with Crippen LogP contribution in [0.25, 0.3) is 21.9 Å². The van der Waals surface area contributed by atoms with Gasteiger partial charge in [-0.2, -0.15) is 4.39 Å². The van der Waals surface area contributed by atoms with Gasteiger partial charge in [-0.25, -0.2) is 4.39 Å². The van der Waals surface area contributed by atoms with Gasteiger partial charge in [-0.05, 0) is 17.5 Å². The van der Waals surface area contributed by atoms with Crippen LogP contribution in [0.4, 0.5) is 8.78 Å². The minimum Gasteiger partial charge on any atom is -0.505 e. The summed E-state index contributed by atoms with van der Waals surface area (Å²) < 4.78 is 28.0. The van der Waals surface area contributed by atoms with Crippen LogP contribution in [0.2, 0.25) is 0 Å². The first-order valence-electron chi connectivity index (χ1n) is 5.97. The Bertz CT molecular complexity index is 813. The summed E-state index contributed by atoms with van der Waals surface area (Å²) >= 11 is 0. The SMILES string of the molecule is Oc1ccc(-c2ccc3ccccc3c2F)c(O)c1F. The van der Waals surface area contributed by atoms with Crippen LogP contribution in [0.1, 0.15) is 0 Å². The summed E-state index contributed by atoms with van der Waals surface area (Å²) in [6.45, 7) is 0. The van der Waals surface area contributed by atoms with E-state index >= 15 is 0 Å². The molecule has 0 saturated carbocycles. The Morgan fingerprint density at radius 1 is 0.700 bits per heavy atom. The van der Waals surface area contributed by atoms with E-state index in [1.165, 1.54) is 12.1 Å². The van der Waals surface area contributed by atoms with Crippen LogP contribution < -0.4 is 0 Å². The summed E-state index contributed by atoms with van der Waals surface area (Å²) in [6, 6.07) is 12.4. The number of phenols is 2. The first-order valence-corrected chi connectivity index (χ1v) is 5.97. The van der Waals surface area contributed by atoms with Crippen molar-refractivity contribution in [3.8, 4) is 22.6 Å². The van der Waals surface area contributed by atoms with E-state index in [1.54, 1.807) is 30.3 Å². The highest BCUT2D eigenvalue weighted by atomic mass is 19.1. The minimum absolute atomic E-state index is 0.00329. The van der Waals surface area contributed by atoms with Gasteiger partial charge in [0.25, 0.3) is 0 Å². The van der Waals surface area contributed by atoms with Crippen LogP contribution in [-0.4, -0.2) is 10.2 Å². The minimum atomic E-state index is -1.16. The molecule has 3 aromatic carbocycles. The van der Waals surface area contributed by atoms with Crippen LogP contribution in [0.3, 0.4) is 0 Å². The van der Waals surface area contributed by atoms with E-state index in [1.807, 2.05) is 0 Å². The molecule has 0 bridgehead atoms. The number of hydrogen-bond acceptors (Lipinski definition) is 2. The van der Waals surface area contributed by atoms with Crippen molar-refractivity contribution in [2.75, 3.05) is 0 Å². The molecule has 0 fully saturated rings. The lowest BCUT2D eigenvalue weighted by Gasteiger charge is -2.10. The second-order valence-electron chi connectivity index (χ2n) is 4.44. The lowest BCUT2D eigenvalue weighted by molar-refractivity contribution is 0.390. The Balaban J connectivity index is 2.30. The van der Waals surface area contributed by atoms with Crippen molar-refractivity contribution < 1.29 is 19.0 Å². The molecule has 0 spiro atoms. The second-order valence-corrected chi connectivity index (χ2v) is 4.44. The van der Waals surface area contributed by atoms with Crippen molar-refractivity contribution in [1.82, 2.24) is 0 Å². The monoisotopic (exact) mass is 272 g/mol. The second kappa shape index (κ2) is 4.49. The first-order chi connectivity index (χ1) is 9.59. The maximum atomic E-state index is 14.5. The van der Waals surface area contributed by atoms with Crippen LogP contribution >= 0.6 is 0 Å². The quantitative estimate of drug-likeness (QED) is 0.697. The fourth-order valence-electron chi connectivity index (χ4n) is 2.21. The van der Waals surface area contributed by atoms with Crippen molar-refractivity contribution in [1.29, 1.82) is 0 Å². The summed E-state index contributed by atoms with van der Waals surface area (Å²) in [7, 11) is 0. The largest absolute Gasteiger partial charge is 0.505 e. The van der Waals surface area contributed by atoms with Gasteiger partial charge < -0.3 is 10.2 Å². The van der Waals surface area contributed by atoms with Crippen LogP contribution in [0.5, 0.6) is 11.5 Å². The summed E-state index contributed by atoms with van der Waals surface area (Å²) in [5.41, 5.74) is 0.0867. The highest BCUT2D eigenvalue weighted by Crippen LogP contribution is 2.38. The van der Waals surface area contributed by atoms with Crippen molar-refractivity contribution in [2.24, 2.45) is 0 Å². The molecule has 4 heteroatoms. The molecule has 0 unspecified atom stereocenters. The topological polar surface area (TPSA) is 40.5 Å². The van der Waals surface area contributed by atoms with E-state index < -0.39 is 23.1 Å². The third-order valence-corrected chi connectivity index (χ3v) is 3.25. The molecule has 0 aliphatic rings. The highest BCUT2D eigenvalue weighted by Gasteiger charge is 2.17. The molecule has 0 aromatic heterocycles. The van der Waals surface area contributed by atoms with Gasteiger partial charge in [0.05, 0.1) is 0 Å². The zero-order valence-electron chi connectivity index (χ0n) is 10.3. The number of hydrogen-bond donors (Lipinski definition) is 2. The van der Waals surface area contributed by atoms with Crippen LogP contribution in [0.15, 0.2) is 48.5 Å². The molecule has 2 nitrogen and oxygen atoms in total. The average molecular weight is 272 g/mol. The average Bonchev–Trinajstić information content (AvgIpc) is 2.47. The Kier molecular flexibility index (Phi) is 2.79. The molecule has 0 heterocycles. The Hall–Kier alpha value is -2.62. The standard InChI is InChI=1S/C16H10F2O2/c17-14-10-4-2-1-3-9(10)5-6-11(14)12-7-8-13(19)15(18)16(12)20/h1-8,19-20H. The predicted molar refractivity (Wildman–Crippen MR) is 72.6 cm³/mol. The van der Waals surface area contributed by atoms with E-state index in [9.17, 15) is 19.0 Å². The van der Waals surface area contributed by atoms with Crippen molar-refractivity contribution in [3.05, 3.63) is 60.2 Å². The first kappa shape index (κ1) is 12.4. The fraction of sp³-hybridized carbons (Fsp3) is 0. The van der Waals surface area contributed by atoms with Crippen molar-refractivity contribution >= 4 is 10.8 Å². The van der Waals surface area contributed by atoms with Gasteiger partial charge in [-0.1, -0.05) is 36.4 Å². The lowest BCUT2D eigenvalue weighted by Crippen LogP contribution is -1.89. The number of aromatic hydroxyl groups is 2. The molecule has 0 radical (unpaired) electrons. The molecule has 0 aliphatic carbocycles. The van der Waals surface area contributed by atoms with E-state index in [0.29, 0.717) is 10.8 Å². The van der Waals surface area contributed by atoms with Crippen molar-refractivity contribution in [2.45, 2.75) is 0 Å². The highest BCUT2D eigenvalue weighted by molar-refractivity contribution is 5.89. The van der Waals surface area contributed by atoms with Crippen LogP contribution in [-0.2, 0) is 0 Å². The molecular formula is C16H10F2O2. The molecular weight excluding hydrogens is 262 g/mol. The van der Waals surface area contributed by atoms with Crippen LogP contribution in [0, 0.1) is 11.6 Å². The van der Waals surface area contributed by atoms with Gasteiger partial charge in [0.15, 0.2) is 11.5 Å². The van der Waals surface area contributed by atoms with Gasteiger partial charge in [0.1, 0.15) is 5.82 Å².